The van der Waals surface area contributed by atoms with Gasteiger partial charge in [-0.05, 0) is 31.6 Å². The average molecular weight is 494 g/mol. The topological polar surface area (TPSA) is 113 Å². The molecule has 0 radical (unpaired) electrons. The van der Waals surface area contributed by atoms with Crippen LogP contribution < -0.4 is 10.6 Å². The summed E-state index contributed by atoms with van der Waals surface area (Å²) < 4.78 is 0. The Morgan fingerprint density at radius 1 is 1.12 bits per heavy atom. The summed E-state index contributed by atoms with van der Waals surface area (Å²) >= 11 is 1.69. The van der Waals surface area contributed by atoms with Crippen LogP contribution in [0.3, 0.4) is 0 Å². The molecule has 1 saturated carbocycles. The number of thioether (sulfide) groups is 1. The molecule has 0 aromatic rings. The number of urea groups is 1. The predicted molar refractivity (Wildman–Crippen MR) is 131 cm³/mol. The van der Waals surface area contributed by atoms with Crippen molar-refractivity contribution in [3.8, 4) is 0 Å². The number of Topliss-reactive ketones (excluding diaryl/α,β-unsaturated/α-hetero) is 3. The van der Waals surface area contributed by atoms with Crippen molar-refractivity contribution in [1.82, 2.24) is 15.5 Å². The van der Waals surface area contributed by atoms with Crippen molar-refractivity contribution >= 4 is 41.0 Å². The minimum atomic E-state index is -0.972. The molecule has 2 aliphatic heterocycles. The molecule has 3 aliphatic rings. The van der Waals surface area contributed by atoms with Crippen molar-refractivity contribution in [2.24, 2.45) is 17.8 Å². The summed E-state index contributed by atoms with van der Waals surface area (Å²) in [6, 6.07) is -0.219. The highest BCUT2D eigenvalue weighted by molar-refractivity contribution is 7.99. The zero-order chi connectivity index (χ0) is 24.7. The Morgan fingerprint density at radius 2 is 1.85 bits per heavy atom. The Balaban J connectivity index is 1.69. The zero-order valence-corrected chi connectivity index (χ0v) is 21.3. The molecule has 3 amide bonds. The van der Waals surface area contributed by atoms with E-state index in [1.54, 1.807) is 16.7 Å². The molecule has 8 nitrogen and oxygen atoms in total. The van der Waals surface area contributed by atoms with E-state index in [1.807, 2.05) is 13.8 Å². The van der Waals surface area contributed by atoms with Crippen molar-refractivity contribution in [2.75, 3.05) is 24.7 Å². The van der Waals surface area contributed by atoms with Crippen LogP contribution in [0.1, 0.15) is 78.1 Å². The highest BCUT2D eigenvalue weighted by atomic mass is 32.2. The summed E-state index contributed by atoms with van der Waals surface area (Å²) in [6.45, 7) is 4.95. The third-order valence-electron chi connectivity index (χ3n) is 7.53. The molecule has 3 rings (SSSR count). The van der Waals surface area contributed by atoms with Crippen LogP contribution in [0.15, 0.2) is 0 Å². The van der Waals surface area contributed by atoms with Gasteiger partial charge in [0.2, 0.25) is 11.7 Å². The van der Waals surface area contributed by atoms with Crippen LogP contribution in [-0.2, 0) is 19.2 Å². The van der Waals surface area contributed by atoms with Gasteiger partial charge in [-0.1, -0.05) is 39.5 Å². The summed E-state index contributed by atoms with van der Waals surface area (Å²) in [5.41, 5.74) is -0.972. The van der Waals surface area contributed by atoms with E-state index in [1.165, 1.54) is 0 Å². The number of carbonyl (C=O) groups excluding carboxylic acids is 5. The molecular formula is C25H39N3O5S. The summed E-state index contributed by atoms with van der Waals surface area (Å²) in [5, 5.41) is 5.85. The molecule has 2 saturated heterocycles. The average Bonchev–Trinajstić information content (AvgIpc) is 3.29. The molecule has 190 valence electrons. The normalized spacial score (nSPS) is 23.7. The number of ketones is 3. The van der Waals surface area contributed by atoms with Gasteiger partial charge in [0.1, 0.15) is 5.54 Å². The second-order valence-corrected chi connectivity index (χ2v) is 11.4. The number of carbonyl (C=O) groups is 5. The monoisotopic (exact) mass is 493 g/mol. The van der Waals surface area contributed by atoms with E-state index in [0.29, 0.717) is 38.2 Å². The molecule has 2 heterocycles. The van der Waals surface area contributed by atoms with E-state index < -0.39 is 28.9 Å². The second-order valence-electron chi connectivity index (χ2n) is 10.3. The number of hydrogen-bond donors (Lipinski definition) is 2. The van der Waals surface area contributed by atoms with Gasteiger partial charge in [-0.15, -0.1) is 11.8 Å². The molecule has 0 aromatic carbocycles. The Bertz CT molecular complexity index is 787. The lowest BCUT2D eigenvalue weighted by atomic mass is 9.73. The third kappa shape index (κ3) is 6.61. The Kier molecular flexibility index (Phi) is 9.56. The number of rotatable bonds is 9. The van der Waals surface area contributed by atoms with E-state index >= 15 is 0 Å². The minimum absolute atomic E-state index is 0.0614. The highest BCUT2D eigenvalue weighted by Crippen LogP contribution is 2.33. The van der Waals surface area contributed by atoms with Crippen LogP contribution >= 0.6 is 11.8 Å². The lowest BCUT2D eigenvalue weighted by molar-refractivity contribution is -0.143. The SMILES string of the molecule is CC(C)[C@H](CC(=O)C1(NC(=O)N2CCSC2)CCCCC1)C(=O)C(=O)C[C@H]1CCCCNC1=O. The third-order valence-corrected chi connectivity index (χ3v) is 8.50. The standard InChI is InChI=1S/C25H39N3O5S/c1-17(2)19(22(31)20(29)14-18-8-4-7-11-26-23(18)32)15-21(30)25(9-5-3-6-10-25)27-24(33)28-12-13-34-16-28/h17-19H,3-16H2,1-2H3,(H,26,32)(H,27,33)/t18-,19+/m1/s1. The van der Waals surface area contributed by atoms with E-state index in [-0.39, 0.29) is 36.5 Å². The molecule has 9 heteroatoms. The van der Waals surface area contributed by atoms with Gasteiger partial charge < -0.3 is 15.5 Å². The zero-order valence-electron chi connectivity index (χ0n) is 20.5. The first-order valence-electron chi connectivity index (χ1n) is 12.8. The Labute approximate surface area is 206 Å². The highest BCUT2D eigenvalue weighted by Gasteiger charge is 2.44. The van der Waals surface area contributed by atoms with Crippen LogP contribution in [0.5, 0.6) is 0 Å². The lowest BCUT2D eigenvalue weighted by Gasteiger charge is -2.38. The fourth-order valence-electron chi connectivity index (χ4n) is 5.24. The first-order valence-corrected chi connectivity index (χ1v) is 13.9. The van der Waals surface area contributed by atoms with E-state index in [2.05, 4.69) is 10.6 Å². The van der Waals surface area contributed by atoms with Gasteiger partial charge >= 0.3 is 6.03 Å². The van der Waals surface area contributed by atoms with Gasteiger partial charge in [-0.2, -0.15) is 0 Å². The molecule has 0 aromatic heterocycles. The number of amides is 3. The van der Waals surface area contributed by atoms with Crippen molar-refractivity contribution in [2.45, 2.75) is 83.6 Å². The molecule has 2 atom stereocenters. The summed E-state index contributed by atoms with van der Waals surface area (Å²) in [4.78, 5) is 66.5. The minimum Gasteiger partial charge on any atom is -0.356 e. The Morgan fingerprint density at radius 3 is 2.50 bits per heavy atom. The van der Waals surface area contributed by atoms with Crippen molar-refractivity contribution in [1.29, 1.82) is 0 Å². The van der Waals surface area contributed by atoms with Crippen LogP contribution in [0, 0.1) is 17.8 Å². The maximum Gasteiger partial charge on any atom is 0.318 e. The summed E-state index contributed by atoms with van der Waals surface area (Å²) in [5.74, 6) is -1.37. The van der Waals surface area contributed by atoms with Gasteiger partial charge in [0.15, 0.2) is 11.6 Å². The van der Waals surface area contributed by atoms with Gasteiger partial charge in [0, 0.05) is 43.5 Å². The molecule has 0 bridgehead atoms. The fraction of sp³-hybridized carbons (Fsp3) is 0.800. The molecule has 34 heavy (non-hydrogen) atoms. The van der Waals surface area contributed by atoms with Crippen LogP contribution in [0.2, 0.25) is 0 Å². The van der Waals surface area contributed by atoms with Gasteiger partial charge in [-0.3, -0.25) is 19.2 Å². The van der Waals surface area contributed by atoms with E-state index in [9.17, 15) is 24.0 Å². The lowest BCUT2D eigenvalue weighted by Crippen LogP contribution is -2.59. The maximum absolute atomic E-state index is 13.6. The molecule has 0 spiro atoms. The van der Waals surface area contributed by atoms with Crippen LogP contribution in [0.25, 0.3) is 0 Å². The number of hydrogen-bond acceptors (Lipinski definition) is 6. The van der Waals surface area contributed by atoms with E-state index in [0.717, 1.165) is 37.9 Å². The summed E-state index contributed by atoms with van der Waals surface area (Å²) in [7, 11) is 0. The predicted octanol–water partition coefficient (Wildman–Crippen LogP) is 3.08. The first kappa shape index (κ1) is 26.7. The molecule has 3 fully saturated rings. The number of nitrogens with one attached hydrogen (secondary N) is 2. The van der Waals surface area contributed by atoms with Crippen molar-refractivity contribution in [3.63, 3.8) is 0 Å². The van der Waals surface area contributed by atoms with Crippen molar-refractivity contribution in [3.05, 3.63) is 0 Å². The largest absolute Gasteiger partial charge is 0.356 e. The molecule has 1 aliphatic carbocycles. The van der Waals surface area contributed by atoms with Crippen LogP contribution in [-0.4, -0.2) is 64.4 Å². The second kappa shape index (κ2) is 12.2. The smallest absolute Gasteiger partial charge is 0.318 e. The quantitative estimate of drug-likeness (QED) is 0.477. The maximum atomic E-state index is 13.6. The van der Waals surface area contributed by atoms with Gasteiger partial charge in [0.05, 0.1) is 5.88 Å². The fourth-order valence-corrected chi connectivity index (χ4v) is 6.19. The Hall–Kier alpha value is -1.90. The first-order chi connectivity index (χ1) is 16.2. The van der Waals surface area contributed by atoms with Crippen molar-refractivity contribution < 1.29 is 24.0 Å². The van der Waals surface area contributed by atoms with Crippen LogP contribution in [0.4, 0.5) is 4.79 Å². The van der Waals surface area contributed by atoms with Gasteiger partial charge in [-0.25, -0.2) is 4.79 Å². The molecule has 0 unspecified atom stereocenters. The van der Waals surface area contributed by atoms with Gasteiger partial charge in [0.25, 0.3) is 0 Å². The molecule has 2 N–H and O–H groups in total. The molecular weight excluding hydrogens is 454 g/mol. The summed E-state index contributed by atoms with van der Waals surface area (Å²) in [6.07, 6.45) is 5.98. The van der Waals surface area contributed by atoms with E-state index in [4.69, 9.17) is 0 Å². The number of nitrogens with zero attached hydrogens (tertiary/aromatic N) is 1.